The van der Waals surface area contributed by atoms with Crippen molar-refractivity contribution in [1.82, 2.24) is 19.7 Å². The summed E-state index contributed by atoms with van der Waals surface area (Å²) in [5, 5.41) is 3.87. The van der Waals surface area contributed by atoms with Gasteiger partial charge in [0.15, 0.2) is 0 Å². The van der Waals surface area contributed by atoms with Crippen LogP contribution >= 0.6 is 0 Å². The van der Waals surface area contributed by atoms with E-state index < -0.39 is 0 Å². The molecule has 0 aliphatic heterocycles. The van der Waals surface area contributed by atoms with Gasteiger partial charge in [-0.15, -0.1) is 0 Å². The first kappa shape index (κ1) is 9.32. The van der Waals surface area contributed by atoms with E-state index in [0.717, 1.165) is 0 Å². The van der Waals surface area contributed by atoms with Crippen molar-refractivity contribution < 1.29 is 0 Å². The molecule has 0 unspecified atom stereocenters. The van der Waals surface area contributed by atoms with Crippen molar-refractivity contribution in [3.05, 3.63) is 46.9 Å². The van der Waals surface area contributed by atoms with E-state index in [1.54, 1.807) is 18.5 Å². The molecule has 0 bridgehead atoms. The normalized spacial score (nSPS) is 10.1. The second kappa shape index (κ2) is 3.87. The molecule has 0 fully saturated rings. The van der Waals surface area contributed by atoms with Crippen LogP contribution in [-0.4, -0.2) is 19.7 Å². The van der Waals surface area contributed by atoms with Crippen LogP contribution in [-0.2, 0) is 6.54 Å². The predicted octanol–water partition coefficient (Wildman–Crippen LogP) is -0.336. The van der Waals surface area contributed by atoms with Crippen LogP contribution in [0, 0.1) is 0 Å². The van der Waals surface area contributed by atoms with Gasteiger partial charge in [-0.05, 0) is 6.07 Å². The summed E-state index contributed by atoms with van der Waals surface area (Å²) in [5.41, 5.74) is 5.50. The van der Waals surface area contributed by atoms with E-state index in [2.05, 4.69) is 15.1 Å². The van der Waals surface area contributed by atoms with Crippen LogP contribution in [0.5, 0.6) is 0 Å². The first-order valence-electron chi connectivity index (χ1n) is 4.34. The van der Waals surface area contributed by atoms with E-state index in [1.165, 1.54) is 16.9 Å². The van der Waals surface area contributed by atoms with Crippen molar-refractivity contribution >= 4 is 5.69 Å². The summed E-state index contributed by atoms with van der Waals surface area (Å²) in [4.78, 5) is 19.4. The van der Waals surface area contributed by atoms with Crippen molar-refractivity contribution in [2.45, 2.75) is 6.54 Å². The number of aromatic nitrogens is 4. The Bertz CT molecular complexity index is 507. The lowest BCUT2D eigenvalue weighted by atomic mass is 10.5. The molecule has 76 valence electrons. The van der Waals surface area contributed by atoms with Crippen molar-refractivity contribution in [3.63, 3.8) is 0 Å². The van der Waals surface area contributed by atoms with Gasteiger partial charge in [0.05, 0.1) is 11.9 Å². The maximum absolute atomic E-state index is 11.4. The van der Waals surface area contributed by atoms with Gasteiger partial charge in [-0.25, -0.2) is 14.6 Å². The van der Waals surface area contributed by atoms with Gasteiger partial charge >= 0.3 is 0 Å². The molecule has 2 heterocycles. The average molecular weight is 203 g/mol. The van der Waals surface area contributed by atoms with Gasteiger partial charge in [0, 0.05) is 18.5 Å². The largest absolute Gasteiger partial charge is 0.397 e. The van der Waals surface area contributed by atoms with E-state index in [4.69, 9.17) is 5.73 Å². The topological polar surface area (TPSA) is 86.7 Å². The molecule has 0 aliphatic carbocycles. The predicted molar refractivity (Wildman–Crippen MR) is 54.0 cm³/mol. The molecular weight excluding hydrogens is 194 g/mol. The molecule has 2 aromatic rings. The van der Waals surface area contributed by atoms with E-state index in [9.17, 15) is 4.79 Å². The fourth-order valence-electron chi connectivity index (χ4n) is 1.11. The van der Waals surface area contributed by atoms with Gasteiger partial charge in [-0.2, -0.15) is 5.10 Å². The molecule has 2 aromatic heterocycles. The Kier molecular flexibility index (Phi) is 2.40. The van der Waals surface area contributed by atoms with Crippen LogP contribution in [0.15, 0.2) is 35.5 Å². The van der Waals surface area contributed by atoms with Crippen molar-refractivity contribution in [2.75, 3.05) is 5.73 Å². The maximum Gasteiger partial charge on any atom is 0.269 e. The van der Waals surface area contributed by atoms with Crippen LogP contribution < -0.4 is 11.3 Å². The van der Waals surface area contributed by atoms with E-state index >= 15 is 0 Å². The third kappa shape index (κ3) is 2.16. The monoisotopic (exact) mass is 203 g/mol. The van der Waals surface area contributed by atoms with Gasteiger partial charge in [0.2, 0.25) is 0 Å². The zero-order valence-electron chi connectivity index (χ0n) is 7.87. The molecule has 0 aliphatic rings. The van der Waals surface area contributed by atoms with Crippen molar-refractivity contribution in [1.29, 1.82) is 0 Å². The molecule has 0 saturated carbocycles. The average Bonchev–Trinajstić information content (AvgIpc) is 2.24. The zero-order chi connectivity index (χ0) is 10.7. The maximum atomic E-state index is 11.4. The minimum absolute atomic E-state index is 0.250. The van der Waals surface area contributed by atoms with Crippen LogP contribution in [0.3, 0.4) is 0 Å². The first-order chi connectivity index (χ1) is 7.25. The molecule has 2 N–H and O–H groups in total. The summed E-state index contributed by atoms with van der Waals surface area (Å²) in [6.07, 6.45) is 4.65. The number of nitrogens with two attached hydrogens (primary N) is 1. The van der Waals surface area contributed by atoms with Gasteiger partial charge in [0.25, 0.3) is 5.56 Å². The number of rotatable bonds is 2. The number of hydrogen-bond acceptors (Lipinski definition) is 5. The molecule has 6 heteroatoms. The number of nitrogen functional groups attached to an aromatic ring is 1. The summed E-state index contributed by atoms with van der Waals surface area (Å²) in [6.45, 7) is 0.250. The summed E-state index contributed by atoms with van der Waals surface area (Å²) < 4.78 is 1.26. The Labute approximate surface area is 85.4 Å². The third-order valence-electron chi connectivity index (χ3n) is 1.80. The Morgan fingerprint density at radius 2 is 2.07 bits per heavy atom. The summed E-state index contributed by atoms with van der Waals surface area (Å²) >= 11 is 0. The Balaban J connectivity index is 2.29. The fourth-order valence-corrected chi connectivity index (χ4v) is 1.11. The Morgan fingerprint density at radius 3 is 2.73 bits per heavy atom. The summed E-state index contributed by atoms with van der Waals surface area (Å²) in [6, 6.07) is 3.03. The molecule has 0 amide bonds. The number of hydrogen-bond donors (Lipinski definition) is 1. The summed E-state index contributed by atoms with van der Waals surface area (Å²) in [5.74, 6) is 0.539. The lowest BCUT2D eigenvalue weighted by molar-refractivity contribution is 0.615. The SMILES string of the molecule is Nc1cnn(Cc2ncccn2)c(=O)c1. The van der Waals surface area contributed by atoms with Crippen LogP contribution in [0.1, 0.15) is 5.82 Å². The highest BCUT2D eigenvalue weighted by Crippen LogP contribution is 1.93. The molecular formula is C9H9N5O. The highest BCUT2D eigenvalue weighted by atomic mass is 16.1. The van der Waals surface area contributed by atoms with E-state index in [0.29, 0.717) is 11.5 Å². The molecule has 2 rings (SSSR count). The number of anilines is 1. The van der Waals surface area contributed by atoms with Gasteiger partial charge in [-0.1, -0.05) is 0 Å². The van der Waals surface area contributed by atoms with Crippen molar-refractivity contribution in [3.8, 4) is 0 Å². The van der Waals surface area contributed by atoms with Crippen LogP contribution in [0.4, 0.5) is 5.69 Å². The molecule has 0 saturated heterocycles. The lowest BCUT2D eigenvalue weighted by Crippen LogP contribution is -2.23. The molecule has 15 heavy (non-hydrogen) atoms. The Morgan fingerprint density at radius 1 is 1.33 bits per heavy atom. The Hall–Kier alpha value is -2.24. The van der Waals surface area contributed by atoms with Gasteiger partial charge in [-0.3, -0.25) is 4.79 Å². The van der Waals surface area contributed by atoms with E-state index in [1.807, 2.05) is 0 Å². The second-order valence-electron chi connectivity index (χ2n) is 2.95. The highest BCUT2D eigenvalue weighted by molar-refractivity contribution is 5.31. The van der Waals surface area contributed by atoms with Gasteiger partial charge in [0.1, 0.15) is 12.4 Å². The minimum Gasteiger partial charge on any atom is -0.397 e. The molecule has 0 atom stereocenters. The summed E-state index contributed by atoms with van der Waals surface area (Å²) in [7, 11) is 0. The highest BCUT2D eigenvalue weighted by Gasteiger charge is 2.00. The van der Waals surface area contributed by atoms with E-state index in [-0.39, 0.29) is 12.1 Å². The molecule has 0 spiro atoms. The quantitative estimate of drug-likeness (QED) is 0.721. The smallest absolute Gasteiger partial charge is 0.269 e. The fraction of sp³-hybridized carbons (Fsp3) is 0.111. The van der Waals surface area contributed by atoms with Crippen LogP contribution in [0.2, 0.25) is 0 Å². The van der Waals surface area contributed by atoms with Gasteiger partial charge < -0.3 is 5.73 Å². The minimum atomic E-state index is -0.262. The van der Waals surface area contributed by atoms with Crippen molar-refractivity contribution in [2.24, 2.45) is 0 Å². The molecule has 0 aromatic carbocycles. The first-order valence-corrected chi connectivity index (χ1v) is 4.34. The molecule has 0 radical (unpaired) electrons. The lowest BCUT2D eigenvalue weighted by Gasteiger charge is -2.02. The molecule has 6 nitrogen and oxygen atoms in total. The number of nitrogens with zero attached hydrogens (tertiary/aromatic N) is 4. The van der Waals surface area contributed by atoms with Crippen LogP contribution in [0.25, 0.3) is 0 Å². The zero-order valence-corrected chi connectivity index (χ0v) is 7.87. The standard InChI is InChI=1S/C9H9N5O/c10-7-4-9(15)14(13-5-7)6-8-11-2-1-3-12-8/h1-5H,6,10H2. The second-order valence-corrected chi connectivity index (χ2v) is 2.95. The third-order valence-corrected chi connectivity index (χ3v) is 1.80.